The minimum atomic E-state index is -4.99. The third-order valence-electron chi connectivity index (χ3n) is 3.58. The molecule has 0 unspecified atom stereocenters. The van der Waals surface area contributed by atoms with Crippen molar-refractivity contribution >= 4 is 5.65 Å². The molecule has 0 radical (unpaired) electrons. The summed E-state index contributed by atoms with van der Waals surface area (Å²) in [7, 11) is 0.769. The van der Waals surface area contributed by atoms with Gasteiger partial charge < -0.3 is 9.47 Å². The minimum absolute atomic E-state index is 0.0307. The van der Waals surface area contributed by atoms with E-state index < -0.39 is 29.9 Å². The lowest BCUT2D eigenvalue weighted by atomic mass is 10.1. The van der Waals surface area contributed by atoms with Crippen LogP contribution in [0.3, 0.4) is 0 Å². The maximum Gasteiger partial charge on any atom is 0.573 e. The molecule has 0 bridgehead atoms. The van der Waals surface area contributed by atoms with Gasteiger partial charge in [-0.3, -0.25) is 9.38 Å². The van der Waals surface area contributed by atoms with Gasteiger partial charge in [0.2, 0.25) is 5.82 Å². The Hall–Kier alpha value is -2.89. The van der Waals surface area contributed by atoms with Crippen molar-refractivity contribution < 1.29 is 35.8 Å². The standard InChI is InChI=1S/C15H10F6N4O2/c1-7-3-8(9(16)4-11(7)27-15(19,20)21)10-6-25-12(5-22-10)23-24-13(25)14(17,18)26-2/h3-6H,1-2H3. The van der Waals surface area contributed by atoms with Crippen LogP contribution in [0.25, 0.3) is 16.9 Å². The normalized spacial score (nSPS) is 12.6. The summed E-state index contributed by atoms with van der Waals surface area (Å²) in [4.78, 5) is 3.89. The molecule has 0 atom stereocenters. The zero-order chi connectivity index (χ0) is 20.0. The van der Waals surface area contributed by atoms with Gasteiger partial charge in [0, 0.05) is 24.9 Å². The van der Waals surface area contributed by atoms with Crippen LogP contribution < -0.4 is 4.74 Å². The lowest BCUT2D eigenvalue weighted by Gasteiger charge is -2.14. The Morgan fingerprint density at radius 1 is 1.07 bits per heavy atom. The van der Waals surface area contributed by atoms with Gasteiger partial charge in [-0.05, 0) is 18.6 Å². The fraction of sp³-hybridized carbons (Fsp3) is 0.267. The van der Waals surface area contributed by atoms with Gasteiger partial charge >= 0.3 is 12.5 Å². The second kappa shape index (κ2) is 6.37. The van der Waals surface area contributed by atoms with Gasteiger partial charge in [-0.1, -0.05) is 0 Å². The van der Waals surface area contributed by atoms with Crippen molar-refractivity contribution in [2.45, 2.75) is 19.4 Å². The molecule has 0 aliphatic carbocycles. The highest BCUT2D eigenvalue weighted by atomic mass is 19.4. The summed E-state index contributed by atoms with van der Waals surface area (Å²) < 4.78 is 87.6. The van der Waals surface area contributed by atoms with Gasteiger partial charge in [-0.15, -0.1) is 23.4 Å². The quantitative estimate of drug-likeness (QED) is 0.632. The van der Waals surface area contributed by atoms with E-state index in [1.807, 2.05) is 0 Å². The van der Waals surface area contributed by atoms with E-state index in [4.69, 9.17) is 0 Å². The summed E-state index contributed by atoms with van der Waals surface area (Å²) >= 11 is 0. The second-order valence-corrected chi connectivity index (χ2v) is 5.39. The Kier molecular flexibility index (Phi) is 4.46. The van der Waals surface area contributed by atoms with E-state index in [1.54, 1.807) is 0 Å². The Morgan fingerprint density at radius 3 is 2.41 bits per heavy atom. The maximum atomic E-state index is 14.3. The molecule has 0 N–H and O–H groups in total. The maximum absolute atomic E-state index is 14.3. The third-order valence-corrected chi connectivity index (χ3v) is 3.58. The van der Waals surface area contributed by atoms with Gasteiger partial charge in [0.05, 0.1) is 11.9 Å². The summed E-state index contributed by atoms with van der Waals surface area (Å²) in [6, 6.07) is 1.60. The lowest BCUT2D eigenvalue weighted by Crippen LogP contribution is -2.19. The summed E-state index contributed by atoms with van der Waals surface area (Å²) in [5.74, 6) is -2.67. The van der Waals surface area contributed by atoms with E-state index in [9.17, 15) is 26.3 Å². The zero-order valence-electron chi connectivity index (χ0n) is 13.7. The number of nitrogens with zero attached hydrogens (tertiary/aromatic N) is 4. The SMILES string of the molecule is COC(F)(F)c1nnc2cnc(-c3cc(C)c(OC(F)(F)F)cc3F)cn12. The number of benzene rings is 1. The van der Waals surface area contributed by atoms with Gasteiger partial charge in [0.15, 0.2) is 5.65 Å². The van der Waals surface area contributed by atoms with Crippen molar-refractivity contribution in [3.05, 3.63) is 41.7 Å². The molecule has 6 nitrogen and oxygen atoms in total. The van der Waals surface area contributed by atoms with Crippen molar-refractivity contribution in [1.29, 1.82) is 0 Å². The molecule has 2 aromatic heterocycles. The van der Waals surface area contributed by atoms with Crippen LogP contribution in [0.4, 0.5) is 26.3 Å². The van der Waals surface area contributed by atoms with Gasteiger partial charge in [0.25, 0.3) is 0 Å². The fourth-order valence-electron chi connectivity index (χ4n) is 2.32. The topological polar surface area (TPSA) is 61.5 Å². The molecule has 0 spiro atoms. The number of fused-ring (bicyclic) bond motifs is 1. The number of hydrogen-bond donors (Lipinski definition) is 0. The van der Waals surface area contributed by atoms with E-state index in [2.05, 4.69) is 24.7 Å². The highest BCUT2D eigenvalue weighted by molar-refractivity contribution is 5.63. The van der Waals surface area contributed by atoms with E-state index in [1.165, 1.54) is 6.92 Å². The predicted molar refractivity (Wildman–Crippen MR) is 78.5 cm³/mol. The number of rotatable bonds is 4. The molecule has 12 heteroatoms. The van der Waals surface area contributed by atoms with Crippen molar-refractivity contribution in [1.82, 2.24) is 19.6 Å². The van der Waals surface area contributed by atoms with Gasteiger partial charge in [-0.2, -0.15) is 8.78 Å². The first-order chi connectivity index (χ1) is 12.5. The van der Waals surface area contributed by atoms with E-state index in [-0.39, 0.29) is 22.5 Å². The van der Waals surface area contributed by atoms with Crippen LogP contribution in [0.1, 0.15) is 11.4 Å². The molecule has 0 aliphatic heterocycles. The number of methoxy groups -OCH3 is 1. The molecule has 0 amide bonds. The van der Waals surface area contributed by atoms with E-state index >= 15 is 0 Å². The Balaban J connectivity index is 2.10. The number of ether oxygens (including phenoxy) is 2. The second-order valence-electron chi connectivity index (χ2n) is 5.39. The number of aromatic nitrogens is 4. The van der Waals surface area contributed by atoms with Crippen molar-refractivity contribution in [2.75, 3.05) is 7.11 Å². The van der Waals surface area contributed by atoms with Crippen LogP contribution in [0, 0.1) is 12.7 Å². The largest absolute Gasteiger partial charge is 0.573 e. The minimum Gasteiger partial charge on any atom is -0.405 e. The van der Waals surface area contributed by atoms with Gasteiger partial charge in [-0.25, -0.2) is 4.39 Å². The van der Waals surface area contributed by atoms with Crippen molar-refractivity contribution in [3.8, 4) is 17.0 Å². The fourth-order valence-corrected chi connectivity index (χ4v) is 2.32. The van der Waals surface area contributed by atoms with Crippen molar-refractivity contribution in [2.24, 2.45) is 0 Å². The molecule has 144 valence electrons. The van der Waals surface area contributed by atoms with Crippen LogP contribution in [-0.2, 0) is 10.8 Å². The molecule has 3 aromatic rings. The predicted octanol–water partition coefficient (Wildman–Crippen LogP) is 3.83. The average Bonchev–Trinajstić information content (AvgIpc) is 3.00. The summed E-state index contributed by atoms with van der Waals surface area (Å²) in [5, 5.41) is 6.84. The molecule has 0 fully saturated rings. The van der Waals surface area contributed by atoms with Crippen molar-refractivity contribution in [3.63, 3.8) is 0 Å². The van der Waals surface area contributed by atoms with E-state index in [0.717, 1.165) is 30.0 Å². The summed E-state index contributed by atoms with van der Waals surface area (Å²) in [5.41, 5.74) is -0.435. The average molecular weight is 392 g/mol. The summed E-state index contributed by atoms with van der Waals surface area (Å²) in [6.07, 6.45) is -6.66. The number of hydrogen-bond acceptors (Lipinski definition) is 5. The number of aryl methyl sites for hydroxylation is 1. The first-order valence-electron chi connectivity index (χ1n) is 7.22. The Labute approximate surface area is 147 Å². The van der Waals surface area contributed by atoms with Crippen LogP contribution in [0.2, 0.25) is 0 Å². The molecule has 0 saturated carbocycles. The molecule has 27 heavy (non-hydrogen) atoms. The Bertz CT molecular complexity index is 1000. The van der Waals surface area contributed by atoms with Crippen LogP contribution >= 0.6 is 0 Å². The first kappa shape index (κ1) is 18.9. The Morgan fingerprint density at radius 2 is 1.78 bits per heavy atom. The molecule has 2 heterocycles. The highest BCUT2D eigenvalue weighted by Gasteiger charge is 2.37. The smallest absolute Gasteiger partial charge is 0.405 e. The molecule has 0 aliphatic rings. The molecule has 1 aromatic carbocycles. The molecule has 0 saturated heterocycles. The van der Waals surface area contributed by atoms with Crippen LogP contribution in [-0.4, -0.2) is 33.1 Å². The number of halogens is 6. The van der Waals surface area contributed by atoms with E-state index in [0.29, 0.717) is 6.07 Å². The lowest BCUT2D eigenvalue weighted by molar-refractivity contribution is -0.274. The molecular weight excluding hydrogens is 382 g/mol. The van der Waals surface area contributed by atoms with Crippen LogP contribution in [0.5, 0.6) is 5.75 Å². The first-order valence-corrected chi connectivity index (χ1v) is 7.22. The highest BCUT2D eigenvalue weighted by Crippen LogP contribution is 2.33. The molecular formula is C15H10F6N4O2. The summed E-state index contributed by atoms with van der Waals surface area (Å²) in [6.45, 7) is 1.27. The third kappa shape index (κ3) is 3.65. The monoisotopic (exact) mass is 392 g/mol. The number of alkyl halides is 5. The van der Waals surface area contributed by atoms with Crippen LogP contribution in [0.15, 0.2) is 24.5 Å². The zero-order valence-corrected chi connectivity index (χ0v) is 13.7. The molecule has 3 rings (SSSR count). The van der Waals surface area contributed by atoms with Gasteiger partial charge in [0.1, 0.15) is 11.6 Å².